The Hall–Kier alpha value is -2.39. The van der Waals surface area contributed by atoms with Gasteiger partial charge in [0.2, 0.25) is 0 Å². The molecular weight excluding hydrogens is 238 g/mol. The molecule has 0 fully saturated rings. The summed E-state index contributed by atoms with van der Waals surface area (Å²) < 4.78 is 0. The van der Waals surface area contributed by atoms with Crippen molar-refractivity contribution in [3.05, 3.63) is 66.2 Å². The molecule has 0 aliphatic rings. The van der Waals surface area contributed by atoms with E-state index in [9.17, 15) is 4.79 Å². The van der Waals surface area contributed by atoms with E-state index < -0.39 is 5.91 Å². The minimum atomic E-state index is -0.452. The third-order valence-corrected chi connectivity index (χ3v) is 2.76. The summed E-state index contributed by atoms with van der Waals surface area (Å²) in [5, 5.41) is 9.47. The van der Waals surface area contributed by atoms with Gasteiger partial charge in [0.25, 0.3) is 5.91 Å². The average molecular weight is 253 g/mol. The highest BCUT2D eigenvalue weighted by Gasteiger charge is 1.99. The van der Waals surface area contributed by atoms with Crippen LogP contribution in [0.1, 0.15) is 5.56 Å². The summed E-state index contributed by atoms with van der Waals surface area (Å²) in [7, 11) is 1.30. The van der Waals surface area contributed by atoms with Crippen molar-refractivity contribution in [3.63, 3.8) is 0 Å². The van der Waals surface area contributed by atoms with Crippen LogP contribution in [-0.2, 0) is 4.79 Å². The standard InChI is InChI=1S/C16H15NO2/c1-17(19)16(18)12-9-13-7-10-15(11-8-13)14-5-3-2-4-6-14/h2-12,19H,1H3/b12-9+. The minimum absolute atomic E-state index is 0.452. The van der Waals surface area contributed by atoms with Gasteiger partial charge in [0.05, 0.1) is 0 Å². The normalized spacial score (nSPS) is 10.6. The zero-order valence-corrected chi connectivity index (χ0v) is 10.7. The van der Waals surface area contributed by atoms with Crippen molar-refractivity contribution in [3.8, 4) is 11.1 Å². The van der Waals surface area contributed by atoms with Gasteiger partial charge in [-0.15, -0.1) is 0 Å². The number of nitrogens with zero attached hydrogens (tertiary/aromatic N) is 1. The zero-order chi connectivity index (χ0) is 13.7. The molecule has 1 amide bonds. The molecule has 0 saturated heterocycles. The Morgan fingerprint density at radius 3 is 2.16 bits per heavy atom. The molecule has 0 atom stereocenters. The first-order chi connectivity index (χ1) is 9.16. The Kier molecular flexibility index (Phi) is 4.11. The number of benzene rings is 2. The lowest BCUT2D eigenvalue weighted by Crippen LogP contribution is -2.19. The monoisotopic (exact) mass is 253 g/mol. The van der Waals surface area contributed by atoms with Crippen LogP contribution in [0.2, 0.25) is 0 Å². The maximum absolute atomic E-state index is 11.2. The van der Waals surface area contributed by atoms with E-state index in [1.165, 1.54) is 13.1 Å². The van der Waals surface area contributed by atoms with E-state index in [0.29, 0.717) is 5.06 Å². The van der Waals surface area contributed by atoms with Gasteiger partial charge in [0.1, 0.15) is 0 Å². The Balaban J connectivity index is 2.13. The molecule has 0 aliphatic heterocycles. The molecule has 0 heterocycles. The molecule has 3 nitrogen and oxygen atoms in total. The SMILES string of the molecule is CN(O)C(=O)/C=C/c1ccc(-c2ccccc2)cc1. The third kappa shape index (κ3) is 3.53. The van der Waals surface area contributed by atoms with Gasteiger partial charge in [-0.05, 0) is 22.8 Å². The highest BCUT2D eigenvalue weighted by atomic mass is 16.5. The molecule has 0 aliphatic carbocycles. The van der Waals surface area contributed by atoms with Gasteiger partial charge < -0.3 is 0 Å². The molecule has 2 rings (SSSR count). The maximum Gasteiger partial charge on any atom is 0.269 e. The van der Waals surface area contributed by atoms with E-state index >= 15 is 0 Å². The van der Waals surface area contributed by atoms with Crippen LogP contribution in [0.15, 0.2) is 60.7 Å². The number of amides is 1. The molecule has 0 bridgehead atoms. The van der Waals surface area contributed by atoms with E-state index in [1.807, 2.05) is 42.5 Å². The number of hydroxylamine groups is 2. The van der Waals surface area contributed by atoms with Gasteiger partial charge in [0.15, 0.2) is 0 Å². The molecule has 1 N–H and O–H groups in total. The third-order valence-electron chi connectivity index (χ3n) is 2.76. The van der Waals surface area contributed by atoms with Crippen LogP contribution in [0.5, 0.6) is 0 Å². The predicted octanol–water partition coefficient (Wildman–Crippen LogP) is 3.21. The summed E-state index contributed by atoms with van der Waals surface area (Å²) in [6, 6.07) is 18.0. The molecule has 2 aromatic carbocycles. The van der Waals surface area contributed by atoms with Gasteiger partial charge in [0, 0.05) is 13.1 Å². The second-order valence-electron chi connectivity index (χ2n) is 4.18. The van der Waals surface area contributed by atoms with Crippen LogP contribution in [0, 0.1) is 0 Å². The van der Waals surface area contributed by atoms with Gasteiger partial charge >= 0.3 is 0 Å². The molecular formula is C16H15NO2. The summed E-state index contributed by atoms with van der Waals surface area (Å²) in [5.74, 6) is -0.452. The van der Waals surface area contributed by atoms with Gasteiger partial charge in [-0.2, -0.15) is 0 Å². The Labute approximate surface area is 112 Å². The van der Waals surface area contributed by atoms with Crippen molar-refractivity contribution in [1.29, 1.82) is 0 Å². The Morgan fingerprint density at radius 1 is 1.00 bits per heavy atom. The molecule has 0 radical (unpaired) electrons. The summed E-state index contributed by atoms with van der Waals surface area (Å²) in [5.41, 5.74) is 3.20. The van der Waals surface area contributed by atoms with Crippen molar-refractivity contribution in [2.24, 2.45) is 0 Å². The first kappa shape index (κ1) is 13.1. The van der Waals surface area contributed by atoms with Crippen molar-refractivity contribution in [2.75, 3.05) is 7.05 Å². The summed E-state index contributed by atoms with van der Waals surface area (Å²) in [6.45, 7) is 0. The topological polar surface area (TPSA) is 40.5 Å². The van der Waals surface area contributed by atoms with Crippen LogP contribution >= 0.6 is 0 Å². The summed E-state index contributed by atoms with van der Waals surface area (Å²) in [4.78, 5) is 11.2. The zero-order valence-electron chi connectivity index (χ0n) is 10.7. The van der Waals surface area contributed by atoms with Crippen molar-refractivity contribution >= 4 is 12.0 Å². The molecule has 0 unspecified atom stereocenters. The number of hydrogen-bond acceptors (Lipinski definition) is 2. The lowest BCUT2D eigenvalue weighted by molar-refractivity contribution is -0.153. The first-order valence-electron chi connectivity index (χ1n) is 5.97. The quantitative estimate of drug-likeness (QED) is 0.518. The number of likely N-dealkylation sites (N-methyl/N-ethyl adjacent to an activating group) is 1. The van der Waals surface area contributed by atoms with E-state index in [1.54, 1.807) is 6.08 Å². The number of hydrogen-bond donors (Lipinski definition) is 1. The molecule has 2 aromatic rings. The van der Waals surface area contributed by atoms with Crippen LogP contribution in [0.25, 0.3) is 17.2 Å². The fraction of sp³-hybridized carbons (Fsp3) is 0.0625. The van der Waals surface area contributed by atoms with Crippen LogP contribution in [0.3, 0.4) is 0 Å². The highest BCUT2D eigenvalue weighted by molar-refractivity contribution is 5.90. The predicted molar refractivity (Wildman–Crippen MR) is 75.5 cm³/mol. The number of carbonyl (C=O) groups is 1. The fourth-order valence-corrected chi connectivity index (χ4v) is 1.69. The molecule has 0 spiro atoms. The highest BCUT2D eigenvalue weighted by Crippen LogP contribution is 2.19. The van der Waals surface area contributed by atoms with Gasteiger partial charge in [-0.3, -0.25) is 10.0 Å². The second-order valence-corrected chi connectivity index (χ2v) is 4.18. The number of rotatable bonds is 3. The average Bonchev–Trinajstić information content (AvgIpc) is 2.46. The molecule has 0 saturated carbocycles. The molecule has 0 aromatic heterocycles. The fourth-order valence-electron chi connectivity index (χ4n) is 1.69. The van der Waals surface area contributed by atoms with Gasteiger partial charge in [-0.1, -0.05) is 54.6 Å². The van der Waals surface area contributed by atoms with E-state index in [4.69, 9.17) is 5.21 Å². The Morgan fingerprint density at radius 2 is 1.58 bits per heavy atom. The van der Waals surface area contributed by atoms with Crippen molar-refractivity contribution in [1.82, 2.24) is 5.06 Å². The van der Waals surface area contributed by atoms with Crippen molar-refractivity contribution in [2.45, 2.75) is 0 Å². The van der Waals surface area contributed by atoms with Crippen molar-refractivity contribution < 1.29 is 10.0 Å². The van der Waals surface area contributed by atoms with Crippen LogP contribution in [0.4, 0.5) is 0 Å². The van der Waals surface area contributed by atoms with Crippen LogP contribution < -0.4 is 0 Å². The van der Waals surface area contributed by atoms with E-state index in [-0.39, 0.29) is 0 Å². The molecule has 19 heavy (non-hydrogen) atoms. The lowest BCUT2D eigenvalue weighted by atomic mass is 10.0. The minimum Gasteiger partial charge on any atom is -0.286 e. The number of carbonyl (C=O) groups excluding carboxylic acids is 1. The van der Waals surface area contributed by atoms with Gasteiger partial charge in [-0.25, -0.2) is 5.06 Å². The van der Waals surface area contributed by atoms with E-state index in [0.717, 1.165) is 16.7 Å². The summed E-state index contributed by atoms with van der Waals surface area (Å²) >= 11 is 0. The summed E-state index contributed by atoms with van der Waals surface area (Å²) in [6.07, 6.45) is 3.00. The smallest absolute Gasteiger partial charge is 0.269 e. The van der Waals surface area contributed by atoms with E-state index in [2.05, 4.69) is 12.1 Å². The van der Waals surface area contributed by atoms with Crippen LogP contribution in [-0.4, -0.2) is 23.2 Å². The largest absolute Gasteiger partial charge is 0.286 e. The first-order valence-corrected chi connectivity index (χ1v) is 5.97. The Bertz CT molecular complexity index is 571. The second kappa shape index (κ2) is 5.98. The lowest BCUT2D eigenvalue weighted by Gasteiger charge is -2.04. The molecule has 3 heteroatoms. The molecule has 96 valence electrons. The maximum atomic E-state index is 11.2.